The number of hydrogen-bond acceptors (Lipinski definition) is 4. The zero-order valence-electron chi connectivity index (χ0n) is 11.3. The molecule has 1 aliphatic heterocycles. The van der Waals surface area contributed by atoms with Crippen LogP contribution < -0.4 is 10.5 Å². The molecule has 2 heterocycles. The van der Waals surface area contributed by atoms with Crippen LogP contribution in [0.25, 0.3) is 0 Å². The maximum Gasteiger partial charge on any atom is 0.169 e. The Kier molecular flexibility index (Phi) is 2.65. The topological polar surface area (TPSA) is 66.0 Å². The lowest BCUT2D eigenvalue weighted by Crippen LogP contribution is -2.20. The van der Waals surface area contributed by atoms with Crippen molar-refractivity contribution in [1.29, 1.82) is 0 Å². The summed E-state index contributed by atoms with van der Waals surface area (Å²) in [7, 11) is 0. The number of nitrogens with two attached hydrogens (primary N) is 1. The molecule has 1 fully saturated rings. The van der Waals surface area contributed by atoms with Crippen molar-refractivity contribution in [2.24, 2.45) is 0 Å². The number of aromatic nitrogens is 3. The quantitative estimate of drug-likeness (QED) is 0.929. The lowest BCUT2D eigenvalue weighted by Gasteiger charge is -2.26. The molecule has 0 amide bonds. The molecule has 4 rings (SSSR count). The van der Waals surface area contributed by atoms with Crippen molar-refractivity contribution in [3.05, 3.63) is 35.5 Å². The average molecular weight is 270 g/mol. The van der Waals surface area contributed by atoms with E-state index >= 15 is 0 Å². The highest BCUT2D eigenvalue weighted by Gasteiger charge is 2.32. The summed E-state index contributed by atoms with van der Waals surface area (Å²) < 4.78 is 7.73. The number of rotatable bonds is 3. The Bertz CT molecular complexity index is 633. The van der Waals surface area contributed by atoms with E-state index in [0.29, 0.717) is 17.7 Å². The Labute approximate surface area is 117 Å². The maximum absolute atomic E-state index is 5.96. The third-order valence-corrected chi connectivity index (χ3v) is 4.24. The van der Waals surface area contributed by atoms with E-state index in [-0.39, 0.29) is 0 Å². The first kappa shape index (κ1) is 11.8. The van der Waals surface area contributed by atoms with Crippen LogP contribution in [0.3, 0.4) is 0 Å². The first-order valence-corrected chi connectivity index (χ1v) is 7.23. The van der Waals surface area contributed by atoms with E-state index in [1.165, 1.54) is 18.4 Å². The number of benzene rings is 1. The van der Waals surface area contributed by atoms with Gasteiger partial charge in [0.25, 0.3) is 0 Å². The predicted octanol–water partition coefficient (Wildman–Crippen LogP) is 2.30. The van der Waals surface area contributed by atoms with Gasteiger partial charge in [-0.25, -0.2) is 4.68 Å². The molecule has 104 valence electrons. The van der Waals surface area contributed by atoms with Crippen molar-refractivity contribution < 1.29 is 4.74 Å². The molecular formula is C15H18N4O. The maximum atomic E-state index is 5.96. The molecule has 0 spiro atoms. The fourth-order valence-electron chi connectivity index (χ4n) is 3.06. The van der Waals surface area contributed by atoms with E-state index in [2.05, 4.69) is 22.4 Å². The number of hydrogen-bond donors (Lipinski definition) is 1. The number of para-hydroxylation sites is 1. The first-order valence-electron chi connectivity index (χ1n) is 7.23. The molecule has 1 atom stereocenters. The average Bonchev–Trinajstić information content (AvgIpc) is 3.24. The molecule has 1 aromatic heterocycles. The van der Waals surface area contributed by atoms with Crippen molar-refractivity contribution in [1.82, 2.24) is 15.0 Å². The molecule has 1 aromatic carbocycles. The summed E-state index contributed by atoms with van der Waals surface area (Å²) in [6.45, 7) is 1.61. The van der Waals surface area contributed by atoms with Crippen LogP contribution in [0.2, 0.25) is 0 Å². The van der Waals surface area contributed by atoms with Crippen LogP contribution in [0, 0.1) is 0 Å². The molecular weight excluding hydrogens is 252 g/mol. The van der Waals surface area contributed by atoms with Gasteiger partial charge in [-0.2, -0.15) is 0 Å². The number of nitrogen functional groups attached to an aromatic ring is 1. The van der Waals surface area contributed by atoms with E-state index < -0.39 is 0 Å². The van der Waals surface area contributed by atoms with E-state index in [9.17, 15) is 0 Å². The van der Waals surface area contributed by atoms with Crippen LogP contribution in [0.15, 0.2) is 24.3 Å². The lowest BCUT2D eigenvalue weighted by atomic mass is 9.93. The zero-order chi connectivity index (χ0) is 13.5. The second-order valence-electron chi connectivity index (χ2n) is 5.69. The molecule has 1 unspecified atom stereocenters. The standard InChI is InChI=1S/C15H18N4O/c16-15-14(10-5-6-10)19(18-17-15)9-11-7-8-20-13-4-2-1-3-12(11)13/h1-4,10-11H,5-9,16H2. The number of ether oxygens (including phenoxy) is 1. The third-order valence-electron chi connectivity index (χ3n) is 4.24. The summed E-state index contributed by atoms with van der Waals surface area (Å²) in [6, 6.07) is 8.28. The normalized spacial score (nSPS) is 21.3. The van der Waals surface area contributed by atoms with Gasteiger partial charge >= 0.3 is 0 Å². The van der Waals surface area contributed by atoms with Crippen LogP contribution in [0.1, 0.15) is 42.4 Å². The molecule has 0 bridgehead atoms. The molecule has 2 aromatic rings. The monoisotopic (exact) mass is 270 g/mol. The van der Waals surface area contributed by atoms with Gasteiger partial charge in [-0.15, -0.1) is 5.10 Å². The molecule has 0 radical (unpaired) electrons. The first-order chi connectivity index (χ1) is 9.83. The third kappa shape index (κ3) is 1.94. The SMILES string of the molecule is Nc1nnn(CC2CCOc3ccccc32)c1C1CC1. The van der Waals surface area contributed by atoms with Gasteiger partial charge in [0.15, 0.2) is 5.82 Å². The van der Waals surface area contributed by atoms with Crippen LogP contribution >= 0.6 is 0 Å². The largest absolute Gasteiger partial charge is 0.493 e. The van der Waals surface area contributed by atoms with Gasteiger partial charge in [0.2, 0.25) is 0 Å². The Balaban J connectivity index is 1.64. The Morgan fingerprint density at radius 3 is 2.95 bits per heavy atom. The van der Waals surface area contributed by atoms with E-state index in [1.54, 1.807) is 0 Å². The molecule has 1 aliphatic carbocycles. The smallest absolute Gasteiger partial charge is 0.169 e. The van der Waals surface area contributed by atoms with Crippen LogP contribution in [0.5, 0.6) is 5.75 Å². The zero-order valence-corrected chi connectivity index (χ0v) is 11.3. The fourth-order valence-corrected chi connectivity index (χ4v) is 3.06. The highest BCUT2D eigenvalue weighted by molar-refractivity contribution is 5.40. The molecule has 5 nitrogen and oxygen atoms in total. The molecule has 2 aliphatic rings. The van der Waals surface area contributed by atoms with Gasteiger partial charge in [0.05, 0.1) is 18.8 Å². The predicted molar refractivity (Wildman–Crippen MR) is 75.7 cm³/mol. The molecule has 20 heavy (non-hydrogen) atoms. The molecule has 2 N–H and O–H groups in total. The summed E-state index contributed by atoms with van der Waals surface area (Å²) in [5.41, 5.74) is 8.37. The number of nitrogens with zero attached hydrogens (tertiary/aromatic N) is 3. The summed E-state index contributed by atoms with van der Waals surface area (Å²) in [4.78, 5) is 0. The Morgan fingerprint density at radius 2 is 2.10 bits per heavy atom. The van der Waals surface area contributed by atoms with Crippen LogP contribution in [-0.2, 0) is 6.54 Å². The summed E-state index contributed by atoms with van der Waals surface area (Å²) in [5, 5.41) is 8.30. The minimum atomic E-state index is 0.429. The van der Waals surface area contributed by atoms with Gasteiger partial charge in [-0.3, -0.25) is 0 Å². The summed E-state index contributed by atoms with van der Waals surface area (Å²) in [5.74, 6) is 2.61. The molecule has 1 saturated carbocycles. The van der Waals surface area contributed by atoms with Crippen molar-refractivity contribution in [3.63, 3.8) is 0 Å². The van der Waals surface area contributed by atoms with Gasteiger partial charge in [0, 0.05) is 11.8 Å². The van der Waals surface area contributed by atoms with Gasteiger partial charge in [0.1, 0.15) is 5.75 Å². The Morgan fingerprint density at radius 1 is 1.25 bits per heavy atom. The highest BCUT2D eigenvalue weighted by atomic mass is 16.5. The Hall–Kier alpha value is -2.04. The minimum absolute atomic E-state index is 0.429. The van der Waals surface area contributed by atoms with E-state index in [0.717, 1.165) is 31.0 Å². The van der Waals surface area contributed by atoms with Crippen molar-refractivity contribution in [2.75, 3.05) is 12.3 Å². The van der Waals surface area contributed by atoms with Crippen LogP contribution in [-0.4, -0.2) is 21.6 Å². The summed E-state index contributed by atoms with van der Waals surface area (Å²) >= 11 is 0. The summed E-state index contributed by atoms with van der Waals surface area (Å²) in [6.07, 6.45) is 3.44. The second kappa shape index (κ2) is 4.51. The lowest BCUT2D eigenvalue weighted by molar-refractivity contribution is 0.255. The molecule has 5 heteroatoms. The second-order valence-corrected chi connectivity index (χ2v) is 5.69. The molecule has 0 saturated heterocycles. The van der Waals surface area contributed by atoms with Crippen molar-refractivity contribution in [3.8, 4) is 5.75 Å². The van der Waals surface area contributed by atoms with Gasteiger partial charge in [-0.05, 0) is 30.9 Å². The van der Waals surface area contributed by atoms with Gasteiger partial charge < -0.3 is 10.5 Å². The van der Waals surface area contributed by atoms with Crippen molar-refractivity contribution in [2.45, 2.75) is 37.6 Å². The van der Waals surface area contributed by atoms with Crippen LogP contribution in [0.4, 0.5) is 5.82 Å². The number of anilines is 1. The highest BCUT2D eigenvalue weighted by Crippen LogP contribution is 2.43. The van der Waals surface area contributed by atoms with E-state index in [1.807, 2.05) is 16.8 Å². The van der Waals surface area contributed by atoms with E-state index in [4.69, 9.17) is 10.5 Å². The fraction of sp³-hybridized carbons (Fsp3) is 0.467. The van der Waals surface area contributed by atoms with Gasteiger partial charge in [-0.1, -0.05) is 23.4 Å². The minimum Gasteiger partial charge on any atom is -0.493 e. The number of fused-ring (bicyclic) bond motifs is 1. The van der Waals surface area contributed by atoms with Crippen molar-refractivity contribution >= 4 is 5.82 Å².